The number of nitrogens with one attached hydrogen (secondary N) is 1. The van der Waals surface area contributed by atoms with Crippen LogP contribution in [-0.2, 0) is 20.1 Å². The van der Waals surface area contributed by atoms with Crippen molar-refractivity contribution in [3.63, 3.8) is 0 Å². The highest BCUT2D eigenvalue weighted by Gasteiger charge is 2.32. The lowest BCUT2D eigenvalue weighted by atomic mass is 9.56. The van der Waals surface area contributed by atoms with Crippen LogP contribution in [0.5, 0.6) is 0 Å². The monoisotopic (exact) mass is 468 g/mol. The van der Waals surface area contributed by atoms with Crippen molar-refractivity contribution in [3.05, 3.63) is 64.9 Å². The van der Waals surface area contributed by atoms with Crippen LogP contribution in [0.3, 0.4) is 0 Å². The summed E-state index contributed by atoms with van der Waals surface area (Å²) in [4.78, 5) is 2.52. The number of hydrogen-bond acceptors (Lipinski definition) is 4. The Morgan fingerprint density at radius 3 is 2.39 bits per heavy atom. The number of nitrogens with zero attached hydrogens (tertiary/aromatic N) is 1. The average Bonchev–Trinajstić information content (AvgIpc) is 2.95. The standard InChI is InChI=1S/C26H37BN2O3S/c1-19(2)25(18-21-13-17-29(4)16-12-20(21)3)28-33(30,31)24-8-6-22(7-9-24)26(27)14-10-23(32-5)11-15-26/h6-9,18,23,28H,1,10-17H2,2-5H3/b25-18+. The minimum Gasteiger partial charge on any atom is -0.381 e. The van der Waals surface area contributed by atoms with E-state index in [9.17, 15) is 8.42 Å². The molecule has 0 aromatic heterocycles. The van der Waals surface area contributed by atoms with Crippen LogP contribution in [0.1, 0.15) is 57.9 Å². The van der Waals surface area contributed by atoms with Gasteiger partial charge in [-0.2, -0.15) is 0 Å². The lowest BCUT2D eigenvalue weighted by molar-refractivity contribution is 0.0608. The molecule has 1 fully saturated rings. The Balaban J connectivity index is 1.79. The average molecular weight is 468 g/mol. The fourth-order valence-corrected chi connectivity index (χ4v) is 5.70. The van der Waals surface area contributed by atoms with E-state index in [0.717, 1.165) is 57.2 Å². The number of hydrogen-bond donors (Lipinski definition) is 1. The van der Waals surface area contributed by atoms with Crippen LogP contribution in [0.25, 0.3) is 0 Å². The summed E-state index contributed by atoms with van der Waals surface area (Å²) in [5.41, 5.74) is 4.65. The first kappa shape index (κ1) is 25.8. The van der Waals surface area contributed by atoms with E-state index in [1.807, 2.05) is 25.1 Å². The van der Waals surface area contributed by atoms with Gasteiger partial charge in [0.15, 0.2) is 0 Å². The van der Waals surface area contributed by atoms with Crippen molar-refractivity contribution < 1.29 is 13.2 Å². The Hall–Kier alpha value is -1.83. The van der Waals surface area contributed by atoms with Crippen LogP contribution in [0.4, 0.5) is 0 Å². The maximum atomic E-state index is 13.2. The molecule has 1 aromatic rings. The van der Waals surface area contributed by atoms with Crippen LogP contribution in [-0.4, -0.2) is 54.5 Å². The molecule has 178 valence electrons. The molecular formula is C26H37BN2O3S. The van der Waals surface area contributed by atoms with Gasteiger partial charge in [0, 0.05) is 20.2 Å². The summed E-state index contributed by atoms with van der Waals surface area (Å²) in [5, 5.41) is -0.440. The Labute approximate surface area is 201 Å². The quantitative estimate of drug-likeness (QED) is 0.476. The van der Waals surface area contributed by atoms with Gasteiger partial charge in [-0.25, -0.2) is 8.42 Å². The Morgan fingerprint density at radius 2 is 1.82 bits per heavy atom. The summed E-state index contributed by atoms with van der Waals surface area (Å²) in [5.74, 6) is 0. The summed E-state index contributed by atoms with van der Waals surface area (Å²) >= 11 is 0. The highest BCUT2D eigenvalue weighted by atomic mass is 32.2. The molecule has 1 heterocycles. The van der Waals surface area contributed by atoms with Gasteiger partial charge in [0.05, 0.1) is 24.5 Å². The van der Waals surface area contributed by atoms with E-state index in [2.05, 4.69) is 30.2 Å². The fourth-order valence-electron chi connectivity index (χ4n) is 4.57. The topological polar surface area (TPSA) is 58.6 Å². The molecule has 2 radical (unpaired) electrons. The predicted molar refractivity (Wildman–Crippen MR) is 136 cm³/mol. The molecular weight excluding hydrogens is 431 g/mol. The molecule has 0 bridgehead atoms. The molecule has 0 unspecified atom stereocenters. The van der Waals surface area contributed by atoms with Gasteiger partial charge in [-0.05, 0) is 94.1 Å². The molecule has 1 aliphatic heterocycles. The summed E-state index contributed by atoms with van der Waals surface area (Å²) in [6.07, 6.45) is 7.53. The van der Waals surface area contributed by atoms with Crippen molar-refractivity contribution in [2.45, 2.75) is 68.7 Å². The molecule has 7 heteroatoms. The van der Waals surface area contributed by atoms with Crippen molar-refractivity contribution in [1.82, 2.24) is 9.62 Å². The van der Waals surface area contributed by atoms with E-state index in [0.29, 0.717) is 11.3 Å². The van der Waals surface area contributed by atoms with Crippen LogP contribution < -0.4 is 4.72 Å². The van der Waals surface area contributed by atoms with Crippen LogP contribution in [0, 0.1) is 0 Å². The number of methoxy groups -OCH3 is 1. The molecule has 1 aromatic carbocycles. The molecule has 1 saturated carbocycles. The van der Waals surface area contributed by atoms with Crippen LogP contribution in [0.15, 0.2) is 64.2 Å². The number of rotatable bonds is 7. The molecule has 1 aliphatic carbocycles. The van der Waals surface area contributed by atoms with Crippen molar-refractivity contribution in [2.24, 2.45) is 0 Å². The molecule has 0 spiro atoms. The molecule has 0 atom stereocenters. The number of ether oxygens (including phenoxy) is 1. The zero-order valence-electron chi connectivity index (χ0n) is 20.5. The maximum Gasteiger partial charge on any atom is 0.261 e. The first-order chi connectivity index (χ1) is 15.5. The zero-order chi connectivity index (χ0) is 24.2. The lowest BCUT2D eigenvalue weighted by Gasteiger charge is -2.38. The highest BCUT2D eigenvalue weighted by Crippen LogP contribution is 2.37. The molecule has 5 nitrogen and oxygen atoms in total. The van der Waals surface area contributed by atoms with E-state index in [-0.39, 0.29) is 11.0 Å². The SMILES string of the molecule is [B]C1(c2ccc(S(=O)(=O)N/C(=C/C3=C(C)CCN(C)CC3)C(=C)C)cc2)CCC(OC)CC1. The van der Waals surface area contributed by atoms with Gasteiger partial charge in [0.25, 0.3) is 10.0 Å². The highest BCUT2D eigenvalue weighted by molar-refractivity contribution is 7.89. The first-order valence-corrected chi connectivity index (χ1v) is 13.2. The largest absolute Gasteiger partial charge is 0.381 e. The first-order valence-electron chi connectivity index (χ1n) is 11.7. The van der Waals surface area contributed by atoms with Crippen LogP contribution in [0.2, 0.25) is 0 Å². The second-order valence-electron chi connectivity index (χ2n) is 9.67. The minimum atomic E-state index is -3.75. The minimum absolute atomic E-state index is 0.221. The van der Waals surface area contributed by atoms with Gasteiger partial charge in [0.1, 0.15) is 0 Å². The third-order valence-electron chi connectivity index (χ3n) is 7.10. The van der Waals surface area contributed by atoms with Gasteiger partial charge in [-0.3, -0.25) is 4.72 Å². The molecule has 2 aliphatic rings. The van der Waals surface area contributed by atoms with Crippen molar-refractivity contribution in [2.75, 3.05) is 27.2 Å². The molecule has 0 amide bonds. The molecule has 3 rings (SSSR count). The number of sulfonamides is 1. The summed E-state index contributed by atoms with van der Waals surface area (Å²) < 4.78 is 34.6. The Morgan fingerprint density at radius 1 is 1.21 bits per heavy atom. The van der Waals surface area contributed by atoms with E-state index >= 15 is 0 Å². The Bertz CT molecular complexity index is 1020. The number of allylic oxidation sites excluding steroid dienone is 2. The third-order valence-corrected chi connectivity index (χ3v) is 8.48. The molecule has 33 heavy (non-hydrogen) atoms. The smallest absolute Gasteiger partial charge is 0.261 e. The summed E-state index contributed by atoms with van der Waals surface area (Å²) in [6, 6.07) is 6.99. The van der Waals surface area contributed by atoms with Gasteiger partial charge >= 0.3 is 0 Å². The second kappa shape index (κ2) is 10.6. The summed E-state index contributed by atoms with van der Waals surface area (Å²) in [7, 11) is 6.77. The van der Waals surface area contributed by atoms with E-state index < -0.39 is 15.3 Å². The predicted octanol–water partition coefficient (Wildman–Crippen LogP) is 4.42. The normalized spacial score (nSPS) is 25.6. The van der Waals surface area contributed by atoms with Gasteiger partial charge in [0.2, 0.25) is 0 Å². The molecule has 1 N–H and O–H groups in total. The zero-order valence-corrected chi connectivity index (χ0v) is 21.3. The van der Waals surface area contributed by atoms with E-state index in [4.69, 9.17) is 12.6 Å². The van der Waals surface area contributed by atoms with Gasteiger partial charge in [-0.1, -0.05) is 29.8 Å². The van der Waals surface area contributed by atoms with Crippen molar-refractivity contribution >= 4 is 17.9 Å². The van der Waals surface area contributed by atoms with Crippen molar-refractivity contribution in [1.29, 1.82) is 0 Å². The van der Waals surface area contributed by atoms with Crippen LogP contribution >= 0.6 is 0 Å². The van der Waals surface area contributed by atoms with E-state index in [1.54, 1.807) is 19.2 Å². The third kappa shape index (κ3) is 6.40. The van der Waals surface area contributed by atoms with Gasteiger partial charge < -0.3 is 9.64 Å². The summed E-state index contributed by atoms with van der Waals surface area (Å²) in [6.45, 7) is 9.91. The number of benzene rings is 1. The lowest BCUT2D eigenvalue weighted by Crippen LogP contribution is -2.34. The molecule has 0 saturated heterocycles. The van der Waals surface area contributed by atoms with Crippen molar-refractivity contribution in [3.8, 4) is 0 Å². The van der Waals surface area contributed by atoms with Gasteiger partial charge in [-0.15, -0.1) is 0 Å². The fraction of sp³-hybridized carbons (Fsp3) is 0.538. The van der Waals surface area contributed by atoms with E-state index in [1.165, 1.54) is 11.1 Å². The maximum absolute atomic E-state index is 13.2. The second-order valence-corrected chi connectivity index (χ2v) is 11.4. The Kier molecular flexibility index (Phi) is 8.30.